The summed E-state index contributed by atoms with van der Waals surface area (Å²) < 4.78 is 27.5. The molecule has 1 aromatic carbocycles. The van der Waals surface area contributed by atoms with Crippen molar-refractivity contribution >= 4 is 11.6 Å². The van der Waals surface area contributed by atoms with Crippen molar-refractivity contribution in [3.63, 3.8) is 0 Å². The molecule has 0 aromatic heterocycles. The summed E-state index contributed by atoms with van der Waals surface area (Å²) in [6.07, 6.45) is 0. The van der Waals surface area contributed by atoms with Crippen molar-refractivity contribution in [2.75, 3.05) is 26.2 Å². The number of halogens is 3. The first-order valence-electron chi connectivity index (χ1n) is 5.69. The Kier molecular flexibility index (Phi) is 3.97. The lowest BCUT2D eigenvalue weighted by atomic mass is 10.0. The average molecular weight is 261 g/mol. The van der Waals surface area contributed by atoms with Gasteiger partial charge in [-0.25, -0.2) is 8.78 Å². The molecule has 5 heteroatoms. The molecule has 0 radical (unpaired) electrons. The lowest BCUT2D eigenvalue weighted by molar-refractivity contribution is 0.179. The van der Waals surface area contributed by atoms with Crippen molar-refractivity contribution in [1.82, 2.24) is 10.2 Å². The summed E-state index contributed by atoms with van der Waals surface area (Å²) in [7, 11) is 0. The van der Waals surface area contributed by atoms with E-state index in [2.05, 4.69) is 5.32 Å². The van der Waals surface area contributed by atoms with Gasteiger partial charge in [0.05, 0.1) is 5.02 Å². The Hall–Kier alpha value is -0.710. The topological polar surface area (TPSA) is 15.3 Å². The van der Waals surface area contributed by atoms with Gasteiger partial charge in [-0.1, -0.05) is 11.6 Å². The van der Waals surface area contributed by atoms with Crippen molar-refractivity contribution < 1.29 is 8.78 Å². The van der Waals surface area contributed by atoms with Crippen LogP contribution < -0.4 is 5.32 Å². The zero-order chi connectivity index (χ0) is 12.4. The minimum absolute atomic E-state index is 0.0246. The number of nitrogens with one attached hydrogen (secondary N) is 1. The first kappa shape index (κ1) is 12.7. The van der Waals surface area contributed by atoms with E-state index in [-0.39, 0.29) is 16.6 Å². The fraction of sp³-hybridized carbons (Fsp3) is 0.500. The second kappa shape index (κ2) is 5.29. The molecule has 1 N–H and O–H groups in total. The molecule has 17 heavy (non-hydrogen) atoms. The van der Waals surface area contributed by atoms with Crippen molar-refractivity contribution in [2.45, 2.75) is 13.0 Å². The summed E-state index contributed by atoms with van der Waals surface area (Å²) in [6.45, 7) is 5.06. The molecule has 1 aromatic rings. The lowest BCUT2D eigenvalue weighted by Gasteiger charge is -2.33. The van der Waals surface area contributed by atoms with Gasteiger partial charge in [-0.2, -0.15) is 0 Å². The summed E-state index contributed by atoms with van der Waals surface area (Å²) in [5.41, 5.74) is 0.0689. The largest absolute Gasteiger partial charge is 0.314 e. The highest BCUT2D eigenvalue weighted by Gasteiger charge is 2.24. The Labute approximate surface area is 105 Å². The normalized spacial score (nSPS) is 19.3. The van der Waals surface area contributed by atoms with Gasteiger partial charge in [0.2, 0.25) is 0 Å². The molecular formula is C12H15ClF2N2. The van der Waals surface area contributed by atoms with Crippen LogP contribution in [0.5, 0.6) is 0 Å². The summed E-state index contributed by atoms with van der Waals surface area (Å²) in [6, 6.07) is 2.18. The SMILES string of the molecule is C[C@H](c1c(F)ccc(Cl)c1F)N1CCNCC1. The van der Waals surface area contributed by atoms with E-state index in [9.17, 15) is 8.78 Å². The van der Waals surface area contributed by atoms with E-state index in [1.165, 1.54) is 12.1 Å². The molecule has 0 saturated carbocycles. The van der Waals surface area contributed by atoms with Crippen molar-refractivity contribution in [1.29, 1.82) is 0 Å². The highest BCUT2D eigenvalue weighted by atomic mass is 35.5. The Balaban J connectivity index is 2.29. The molecule has 0 aliphatic carbocycles. The molecule has 2 nitrogen and oxygen atoms in total. The molecule has 1 aliphatic rings. The average Bonchev–Trinajstić information content (AvgIpc) is 2.35. The van der Waals surface area contributed by atoms with Gasteiger partial charge in [0.1, 0.15) is 11.6 Å². The van der Waals surface area contributed by atoms with Gasteiger partial charge < -0.3 is 5.32 Å². The van der Waals surface area contributed by atoms with Crippen LogP contribution in [-0.4, -0.2) is 31.1 Å². The van der Waals surface area contributed by atoms with Crippen LogP contribution in [0, 0.1) is 11.6 Å². The van der Waals surface area contributed by atoms with Crippen molar-refractivity contribution in [3.05, 3.63) is 34.4 Å². The van der Waals surface area contributed by atoms with E-state index >= 15 is 0 Å². The zero-order valence-corrected chi connectivity index (χ0v) is 10.4. The molecule has 1 atom stereocenters. The number of piperazine rings is 1. The molecule has 94 valence electrons. The van der Waals surface area contributed by atoms with Crippen LogP contribution in [-0.2, 0) is 0 Å². The third kappa shape index (κ3) is 2.59. The third-order valence-corrected chi connectivity index (χ3v) is 3.49. The first-order chi connectivity index (χ1) is 8.11. The number of rotatable bonds is 2. The summed E-state index contributed by atoms with van der Waals surface area (Å²) in [5, 5.41) is 3.18. The van der Waals surface area contributed by atoms with E-state index in [1.807, 2.05) is 11.8 Å². The van der Waals surface area contributed by atoms with Gasteiger partial charge in [-0.3, -0.25) is 4.90 Å². The van der Waals surface area contributed by atoms with Crippen LogP contribution in [0.1, 0.15) is 18.5 Å². The maximum Gasteiger partial charge on any atom is 0.149 e. The fourth-order valence-electron chi connectivity index (χ4n) is 2.18. The summed E-state index contributed by atoms with van der Waals surface area (Å²) >= 11 is 5.70. The molecule has 0 unspecified atom stereocenters. The van der Waals surface area contributed by atoms with Crippen molar-refractivity contribution in [2.24, 2.45) is 0 Å². The van der Waals surface area contributed by atoms with Crippen LogP contribution in [0.25, 0.3) is 0 Å². The first-order valence-corrected chi connectivity index (χ1v) is 6.07. The maximum absolute atomic E-state index is 13.9. The Bertz CT molecular complexity index is 406. The Morgan fingerprint density at radius 3 is 2.59 bits per heavy atom. The minimum Gasteiger partial charge on any atom is -0.314 e. The quantitative estimate of drug-likeness (QED) is 0.823. The van der Waals surface area contributed by atoms with Crippen molar-refractivity contribution in [3.8, 4) is 0 Å². The Morgan fingerprint density at radius 2 is 1.94 bits per heavy atom. The highest BCUT2D eigenvalue weighted by Crippen LogP contribution is 2.29. The molecule has 0 bridgehead atoms. The summed E-state index contributed by atoms with van der Waals surface area (Å²) in [5.74, 6) is -1.17. The van der Waals surface area contributed by atoms with Gasteiger partial charge in [-0.05, 0) is 19.1 Å². The van der Waals surface area contributed by atoms with Gasteiger partial charge in [0, 0.05) is 37.8 Å². The molecule has 1 heterocycles. The lowest BCUT2D eigenvalue weighted by Crippen LogP contribution is -2.44. The number of hydrogen-bond acceptors (Lipinski definition) is 2. The fourth-order valence-corrected chi connectivity index (χ4v) is 2.34. The molecule has 1 fully saturated rings. The number of hydrogen-bond donors (Lipinski definition) is 1. The second-order valence-electron chi connectivity index (χ2n) is 4.22. The second-order valence-corrected chi connectivity index (χ2v) is 4.63. The van der Waals surface area contributed by atoms with Crippen LogP contribution in [0.2, 0.25) is 5.02 Å². The predicted octanol–water partition coefficient (Wildman–Crippen LogP) is 2.58. The van der Waals surface area contributed by atoms with Gasteiger partial charge in [-0.15, -0.1) is 0 Å². The van der Waals surface area contributed by atoms with Gasteiger partial charge in [0.15, 0.2) is 0 Å². The molecule has 0 spiro atoms. The van der Waals surface area contributed by atoms with Gasteiger partial charge >= 0.3 is 0 Å². The van der Waals surface area contributed by atoms with E-state index in [4.69, 9.17) is 11.6 Å². The highest BCUT2D eigenvalue weighted by molar-refractivity contribution is 6.30. The standard InChI is InChI=1S/C12H15ClF2N2/c1-8(17-6-4-16-5-7-17)11-10(14)3-2-9(13)12(11)15/h2-3,8,16H,4-7H2,1H3/t8-/m1/s1. The van der Waals surface area contributed by atoms with Crippen LogP contribution >= 0.6 is 11.6 Å². The summed E-state index contributed by atoms with van der Waals surface area (Å²) in [4.78, 5) is 2.05. The van der Waals surface area contributed by atoms with E-state index in [1.54, 1.807) is 0 Å². The molecular weight excluding hydrogens is 246 g/mol. The van der Waals surface area contributed by atoms with Crippen LogP contribution in [0.15, 0.2) is 12.1 Å². The predicted molar refractivity (Wildman–Crippen MR) is 64.2 cm³/mol. The molecule has 2 rings (SSSR count). The van der Waals surface area contributed by atoms with Crippen LogP contribution in [0.4, 0.5) is 8.78 Å². The van der Waals surface area contributed by atoms with Gasteiger partial charge in [0.25, 0.3) is 0 Å². The Morgan fingerprint density at radius 1 is 1.29 bits per heavy atom. The number of benzene rings is 1. The maximum atomic E-state index is 13.9. The molecule has 1 saturated heterocycles. The number of nitrogens with zero attached hydrogens (tertiary/aromatic N) is 1. The van der Waals surface area contributed by atoms with Crippen LogP contribution in [0.3, 0.4) is 0 Å². The monoisotopic (exact) mass is 260 g/mol. The zero-order valence-electron chi connectivity index (χ0n) is 9.64. The smallest absolute Gasteiger partial charge is 0.149 e. The van der Waals surface area contributed by atoms with E-state index in [0.29, 0.717) is 0 Å². The molecule has 0 amide bonds. The van der Waals surface area contributed by atoms with E-state index < -0.39 is 11.6 Å². The third-order valence-electron chi connectivity index (χ3n) is 3.20. The van der Waals surface area contributed by atoms with E-state index in [0.717, 1.165) is 26.2 Å². The minimum atomic E-state index is -0.641. The molecule has 1 aliphatic heterocycles.